The molecule has 0 aromatic rings. The fraction of sp³-hybridized carbons (Fsp3) is 0.955. The van der Waals surface area contributed by atoms with Gasteiger partial charge in [-0.3, -0.25) is 4.79 Å². The quantitative estimate of drug-likeness (QED) is 0.359. The summed E-state index contributed by atoms with van der Waals surface area (Å²) >= 11 is 0. The summed E-state index contributed by atoms with van der Waals surface area (Å²) < 4.78 is 0. The summed E-state index contributed by atoms with van der Waals surface area (Å²) in [5, 5.41) is 3.27. The first-order valence-electron chi connectivity index (χ1n) is 10.9. The Morgan fingerprint density at radius 2 is 1.36 bits per heavy atom. The lowest BCUT2D eigenvalue weighted by atomic mass is 9.77. The lowest BCUT2D eigenvalue weighted by Crippen LogP contribution is -2.45. The zero-order valence-electron chi connectivity index (χ0n) is 18.3. The van der Waals surface area contributed by atoms with Crippen LogP contribution in [-0.2, 0) is 4.79 Å². The Labute approximate surface area is 158 Å². The topological polar surface area (TPSA) is 29.1 Å². The molecule has 0 atom stereocenters. The molecule has 0 saturated heterocycles. The van der Waals surface area contributed by atoms with Crippen LogP contribution in [0.5, 0.6) is 0 Å². The van der Waals surface area contributed by atoms with Gasteiger partial charge in [0.2, 0.25) is 5.91 Å². The van der Waals surface area contributed by atoms with E-state index in [4.69, 9.17) is 0 Å². The molecule has 1 saturated carbocycles. The van der Waals surface area contributed by atoms with Crippen molar-refractivity contribution in [3.8, 4) is 0 Å². The summed E-state index contributed by atoms with van der Waals surface area (Å²) in [6.07, 6.45) is 5.82. The molecule has 1 fully saturated rings. The van der Waals surface area contributed by atoms with Crippen molar-refractivity contribution in [2.45, 2.75) is 110 Å². The second-order valence-corrected chi connectivity index (χ2v) is 16.0. The normalized spacial score (nSPS) is 22.2. The predicted octanol–water partition coefficient (Wildman–Crippen LogP) is 6.63. The van der Waals surface area contributed by atoms with Gasteiger partial charge in [0.1, 0.15) is 0 Å². The highest BCUT2D eigenvalue weighted by atomic mass is 28.3. The zero-order valence-corrected chi connectivity index (χ0v) is 19.3. The fourth-order valence-corrected chi connectivity index (χ4v) is 12.2. The van der Waals surface area contributed by atoms with E-state index in [0.29, 0.717) is 5.91 Å². The molecule has 1 N–H and O–H groups in total. The Morgan fingerprint density at radius 1 is 0.880 bits per heavy atom. The predicted molar refractivity (Wildman–Crippen MR) is 114 cm³/mol. The molecule has 0 aromatic carbocycles. The Balaban J connectivity index is 2.42. The van der Waals surface area contributed by atoms with Crippen molar-refractivity contribution in [1.82, 2.24) is 5.32 Å². The third kappa shape index (κ3) is 5.84. The van der Waals surface area contributed by atoms with Gasteiger partial charge in [0.25, 0.3) is 0 Å². The maximum absolute atomic E-state index is 12.5. The van der Waals surface area contributed by atoms with E-state index in [-0.39, 0.29) is 5.92 Å². The molecule has 1 rings (SSSR count). The molecule has 0 heterocycles. The summed E-state index contributed by atoms with van der Waals surface area (Å²) in [6.45, 7) is 20.1. The molecule has 3 heteroatoms. The molecule has 148 valence electrons. The lowest BCUT2D eigenvalue weighted by molar-refractivity contribution is -0.126. The summed E-state index contributed by atoms with van der Waals surface area (Å²) in [5.41, 5.74) is 2.44. The molecule has 0 radical (unpaired) electrons. The number of rotatable bonds is 9. The molecule has 0 aliphatic heterocycles. The van der Waals surface area contributed by atoms with Crippen molar-refractivity contribution in [2.24, 2.45) is 17.8 Å². The van der Waals surface area contributed by atoms with E-state index < -0.39 is 8.07 Å². The largest absolute Gasteiger partial charge is 0.356 e. The number of carbonyl (C=O) groups is 1. The van der Waals surface area contributed by atoms with Crippen molar-refractivity contribution < 1.29 is 4.79 Å². The molecule has 25 heavy (non-hydrogen) atoms. The standard InChI is InChI=1S/C22H45NOSi/c1-16(2)20-10-12-21(13-11-20)22(24)23-14-9-15-25(17(3)4,18(5)6)19(7)8/h16-21H,9-15H2,1-8H3,(H,23,24). The van der Waals surface area contributed by atoms with E-state index in [1.54, 1.807) is 0 Å². The third-order valence-electron chi connectivity index (χ3n) is 7.40. The van der Waals surface area contributed by atoms with Crippen molar-refractivity contribution in [2.75, 3.05) is 6.54 Å². The summed E-state index contributed by atoms with van der Waals surface area (Å²) in [6, 6.07) is 1.35. The van der Waals surface area contributed by atoms with Crippen LogP contribution in [0.3, 0.4) is 0 Å². The molecular formula is C22H45NOSi. The van der Waals surface area contributed by atoms with Crippen LogP contribution in [-0.4, -0.2) is 20.5 Å². The maximum Gasteiger partial charge on any atom is 0.223 e. The zero-order chi connectivity index (χ0) is 19.2. The van der Waals surface area contributed by atoms with Gasteiger partial charge in [0, 0.05) is 12.5 Å². The molecule has 1 aliphatic carbocycles. The van der Waals surface area contributed by atoms with Crippen LogP contribution in [0.1, 0.15) is 87.5 Å². The fourth-order valence-electron chi connectivity index (χ4n) is 5.66. The Bertz CT molecular complexity index is 373. The summed E-state index contributed by atoms with van der Waals surface area (Å²) in [5.74, 6) is 2.20. The Morgan fingerprint density at radius 3 is 1.76 bits per heavy atom. The monoisotopic (exact) mass is 367 g/mol. The molecule has 2 nitrogen and oxygen atoms in total. The van der Waals surface area contributed by atoms with Gasteiger partial charge in [-0.2, -0.15) is 0 Å². The molecular weight excluding hydrogens is 322 g/mol. The van der Waals surface area contributed by atoms with Crippen LogP contribution >= 0.6 is 0 Å². The van der Waals surface area contributed by atoms with Crippen LogP contribution in [0.15, 0.2) is 0 Å². The van der Waals surface area contributed by atoms with Crippen molar-refractivity contribution in [3.63, 3.8) is 0 Å². The van der Waals surface area contributed by atoms with Crippen LogP contribution in [0, 0.1) is 17.8 Å². The van der Waals surface area contributed by atoms with Crippen LogP contribution < -0.4 is 5.32 Å². The summed E-state index contributed by atoms with van der Waals surface area (Å²) in [7, 11) is -1.31. The van der Waals surface area contributed by atoms with Crippen molar-refractivity contribution in [1.29, 1.82) is 0 Å². The van der Waals surface area contributed by atoms with Crippen molar-refractivity contribution >= 4 is 14.0 Å². The van der Waals surface area contributed by atoms with E-state index in [1.165, 1.54) is 18.9 Å². The summed E-state index contributed by atoms with van der Waals surface area (Å²) in [4.78, 5) is 12.5. The smallest absolute Gasteiger partial charge is 0.223 e. The van der Waals surface area contributed by atoms with E-state index in [0.717, 1.165) is 54.3 Å². The molecule has 0 spiro atoms. The highest BCUT2D eigenvalue weighted by molar-refractivity contribution is 6.83. The minimum absolute atomic E-state index is 0.275. The second kappa shape index (κ2) is 10.1. The van der Waals surface area contributed by atoms with Gasteiger partial charge in [-0.15, -0.1) is 0 Å². The van der Waals surface area contributed by atoms with Gasteiger partial charge >= 0.3 is 0 Å². The van der Waals surface area contributed by atoms with Crippen LogP contribution in [0.4, 0.5) is 0 Å². The molecule has 0 aromatic heterocycles. The van der Waals surface area contributed by atoms with Gasteiger partial charge in [0.15, 0.2) is 0 Å². The third-order valence-corrected chi connectivity index (χ3v) is 15.1. The van der Waals surface area contributed by atoms with Crippen LogP contribution in [0.2, 0.25) is 22.7 Å². The number of nitrogens with one attached hydrogen (secondary N) is 1. The van der Waals surface area contributed by atoms with E-state index >= 15 is 0 Å². The number of amides is 1. The van der Waals surface area contributed by atoms with E-state index in [2.05, 4.69) is 60.7 Å². The maximum atomic E-state index is 12.5. The first kappa shape index (κ1) is 22.7. The average molecular weight is 368 g/mol. The Hall–Kier alpha value is -0.313. The lowest BCUT2D eigenvalue weighted by Gasteiger charge is -2.43. The SMILES string of the molecule is CC(C)C1CCC(C(=O)NCCC[Si](C(C)C)(C(C)C)C(C)C)CC1. The molecule has 1 amide bonds. The minimum atomic E-state index is -1.31. The molecule has 0 unspecified atom stereocenters. The number of hydrogen-bond acceptors (Lipinski definition) is 1. The van der Waals surface area contributed by atoms with Gasteiger partial charge in [-0.25, -0.2) is 0 Å². The van der Waals surface area contributed by atoms with Gasteiger partial charge in [0.05, 0.1) is 8.07 Å². The van der Waals surface area contributed by atoms with Gasteiger partial charge < -0.3 is 5.32 Å². The van der Waals surface area contributed by atoms with Crippen molar-refractivity contribution in [3.05, 3.63) is 0 Å². The highest BCUT2D eigenvalue weighted by Crippen LogP contribution is 2.45. The Kier molecular flexibility index (Phi) is 9.21. The highest BCUT2D eigenvalue weighted by Gasteiger charge is 2.41. The number of hydrogen-bond donors (Lipinski definition) is 1. The second-order valence-electron chi connectivity index (χ2n) is 9.83. The van der Waals surface area contributed by atoms with E-state index in [1.807, 2.05) is 0 Å². The average Bonchev–Trinajstić information content (AvgIpc) is 2.53. The molecule has 1 aliphatic rings. The first-order chi connectivity index (χ1) is 11.6. The number of carbonyl (C=O) groups excluding carboxylic acids is 1. The van der Waals surface area contributed by atoms with Gasteiger partial charge in [-0.05, 0) is 43.9 Å². The van der Waals surface area contributed by atoms with Crippen LogP contribution in [0.25, 0.3) is 0 Å². The first-order valence-corrected chi connectivity index (χ1v) is 13.3. The minimum Gasteiger partial charge on any atom is -0.356 e. The van der Waals surface area contributed by atoms with E-state index in [9.17, 15) is 4.79 Å². The van der Waals surface area contributed by atoms with Gasteiger partial charge in [-0.1, -0.05) is 78.1 Å². The molecule has 0 bridgehead atoms.